The molecule has 0 saturated carbocycles. The van der Waals surface area contributed by atoms with E-state index < -0.39 is 0 Å². The molecule has 0 saturated heterocycles. The minimum absolute atomic E-state index is 0.676. The highest BCUT2D eigenvalue weighted by Crippen LogP contribution is 2.18. The van der Waals surface area contributed by atoms with Gasteiger partial charge in [0.15, 0.2) is 0 Å². The fourth-order valence-electron chi connectivity index (χ4n) is 1.97. The maximum Gasteiger partial charge on any atom is 0.0593 e. The Bertz CT molecular complexity index is 358. The van der Waals surface area contributed by atoms with E-state index in [2.05, 4.69) is 4.90 Å². The molecule has 0 radical (unpaired) electrons. The lowest BCUT2D eigenvalue weighted by Gasteiger charge is -2.22. The second-order valence-electron chi connectivity index (χ2n) is 4.56. The molecule has 1 aromatic rings. The van der Waals surface area contributed by atoms with Crippen molar-refractivity contribution in [1.82, 2.24) is 4.90 Å². The average Bonchev–Trinajstić information content (AvgIpc) is 2.38. The third-order valence-corrected chi connectivity index (χ3v) is 3.12. The number of rotatable bonds is 10. The van der Waals surface area contributed by atoms with Gasteiger partial charge < -0.3 is 15.2 Å². The fraction of sp³-hybridized carbons (Fsp3) is 0.600. The van der Waals surface area contributed by atoms with Gasteiger partial charge in [-0.05, 0) is 37.6 Å². The van der Waals surface area contributed by atoms with Crippen molar-refractivity contribution in [3.05, 3.63) is 28.8 Å². The maximum atomic E-state index is 6.04. The molecule has 4 nitrogen and oxygen atoms in total. The summed E-state index contributed by atoms with van der Waals surface area (Å²) in [6.07, 6.45) is 0. The van der Waals surface area contributed by atoms with E-state index >= 15 is 0 Å². The quantitative estimate of drug-likeness (QED) is 0.533. The summed E-state index contributed by atoms with van der Waals surface area (Å²) in [5.41, 5.74) is 7.64. The smallest absolute Gasteiger partial charge is 0.0593 e. The van der Waals surface area contributed by atoms with E-state index in [0.717, 1.165) is 51.6 Å². The topological polar surface area (TPSA) is 47.7 Å². The van der Waals surface area contributed by atoms with Gasteiger partial charge in [-0.3, -0.25) is 4.90 Å². The van der Waals surface area contributed by atoms with Crippen LogP contribution in [-0.4, -0.2) is 44.4 Å². The second-order valence-corrected chi connectivity index (χ2v) is 5.00. The van der Waals surface area contributed by atoms with Gasteiger partial charge in [0.2, 0.25) is 0 Å². The van der Waals surface area contributed by atoms with Crippen LogP contribution in [0.4, 0.5) is 5.69 Å². The molecule has 5 heteroatoms. The summed E-state index contributed by atoms with van der Waals surface area (Å²) in [6.45, 7) is 9.46. The lowest BCUT2D eigenvalue weighted by atomic mass is 10.2. The number of hydrogen-bond donors (Lipinski definition) is 1. The summed E-state index contributed by atoms with van der Waals surface area (Å²) in [5, 5.41) is 0.676. The molecule has 0 atom stereocenters. The summed E-state index contributed by atoms with van der Waals surface area (Å²) < 4.78 is 10.8. The van der Waals surface area contributed by atoms with Gasteiger partial charge in [0.25, 0.3) is 0 Å². The van der Waals surface area contributed by atoms with Crippen LogP contribution < -0.4 is 5.73 Å². The highest BCUT2D eigenvalue weighted by Gasteiger charge is 2.07. The van der Waals surface area contributed by atoms with Gasteiger partial charge in [-0.25, -0.2) is 0 Å². The molecule has 0 aliphatic carbocycles. The average molecular weight is 301 g/mol. The van der Waals surface area contributed by atoms with Crippen molar-refractivity contribution in [2.75, 3.05) is 45.3 Å². The largest absolute Gasteiger partial charge is 0.399 e. The molecule has 0 amide bonds. The Morgan fingerprint density at radius 2 is 1.65 bits per heavy atom. The van der Waals surface area contributed by atoms with Crippen molar-refractivity contribution in [1.29, 1.82) is 0 Å². The van der Waals surface area contributed by atoms with Crippen LogP contribution in [0.5, 0.6) is 0 Å². The molecule has 0 aromatic heterocycles. The Kier molecular flexibility index (Phi) is 8.62. The van der Waals surface area contributed by atoms with Gasteiger partial charge in [0, 0.05) is 43.6 Å². The zero-order valence-corrected chi connectivity index (χ0v) is 13.2. The van der Waals surface area contributed by atoms with Gasteiger partial charge in [0.1, 0.15) is 0 Å². The van der Waals surface area contributed by atoms with Crippen molar-refractivity contribution < 1.29 is 9.47 Å². The van der Waals surface area contributed by atoms with Crippen molar-refractivity contribution >= 4 is 17.3 Å². The first kappa shape index (κ1) is 17.2. The number of nitrogen functional groups attached to an aromatic ring is 1. The summed E-state index contributed by atoms with van der Waals surface area (Å²) in [6, 6.07) is 5.67. The first-order chi connectivity index (χ1) is 9.65. The van der Waals surface area contributed by atoms with Crippen LogP contribution in [0.25, 0.3) is 0 Å². The van der Waals surface area contributed by atoms with Crippen molar-refractivity contribution in [3.63, 3.8) is 0 Å². The number of ether oxygens (including phenoxy) is 2. The number of anilines is 1. The molecule has 0 heterocycles. The second kappa shape index (κ2) is 10.00. The SMILES string of the molecule is CCOCCN(CCOCC)Cc1cc(N)cc(Cl)c1. The molecular formula is C15H25ClN2O2. The summed E-state index contributed by atoms with van der Waals surface area (Å²) in [7, 11) is 0. The van der Waals surface area contributed by atoms with Gasteiger partial charge >= 0.3 is 0 Å². The Morgan fingerprint density at radius 3 is 2.15 bits per heavy atom. The Morgan fingerprint density at radius 1 is 1.05 bits per heavy atom. The van der Waals surface area contributed by atoms with Crippen LogP contribution in [0.15, 0.2) is 18.2 Å². The Hall–Kier alpha value is -0.810. The lowest BCUT2D eigenvalue weighted by molar-refractivity contribution is 0.0798. The van der Waals surface area contributed by atoms with Crippen LogP contribution in [0.1, 0.15) is 19.4 Å². The summed E-state index contributed by atoms with van der Waals surface area (Å²) in [5.74, 6) is 0. The maximum absolute atomic E-state index is 6.04. The van der Waals surface area contributed by atoms with Crippen molar-refractivity contribution in [2.24, 2.45) is 0 Å². The third-order valence-electron chi connectivity index (χ3n) is 2.90. The number of hydrogen-bond acceptors (Lipinski definition) is 4. The number of nitrogens with zero attached hydrogens (tertiary/aromatic N) is 1. The van der Waals surface area contributed by atoms with E-state index in [-0.39, 0.29) is 0 Å². The summed E-state index contributed by atoms with van der Waals surface area (Å²) >= 11 is 6.04. The highest BCUT2D eigenvalue weighted by atomic mass is 35.5. The van der Waals surface area contributed by atoms with E-state index in [0.29, 0.717) is 10.7 Å². The molecule has 0 bridgehead atoms. The minimum atomic E-state index is 0.676. The highest BCUT2D eigenvalue weighted by molar-refractivity contribution is 6.30. The summed E-state index contributed by atoms with van der Waals surface area (Å²) in [4.78, 5) is 2.29. The predicted molar refractivity (Wildman–Crippen MR) is 84.1 cm³/mol. The molecule has 0 spiro atoms. The number of halogens is 1. The minimum Gasteiger partial charge on any atom is -0.399 e. The molecular weight excluding hydrogens is 276 g/mol. The Balaban J connectivity index is 2.56. The first-order valence-corrected chi connectivity index (χ1v) is 7.46. The van der Waals surface area contributed by atoms with Gasteiger partial charge in [-0.1, -0.05) is 11.6 Å². The van der Waals surface area contributed by atoms with E-state index in [1.54, 1.807) is 6.07 Å². The standard InChI is InChI=1S/C15H25ClN2O2/c1-3-19-7-5-18(6-8-20-4-2)12-13-9-14(16)11-15(17)10-13/h9-11H,3-8,12,17H2,1-2H3. The zero-order chi connectivity index (χ0) is 14.8. The van der Waals surface area contributed by atoms with Gasteiger partial charge in [0.05, 0.1) is 13.2 Å². The Labute approximate surface area is 126 Å². The predicted octanol–water partition coefficient (Wildman–Crippen LogP) is 2.80. The molecule has 1 rings (SSSR count). The van der Waals surface area contributed by atoms with Crippen molar-refractivity contribution in [2.45, 2.75) is 20.4 Å². The van der Waals surface area contributed by atoms with Crippen molar-refractivity contribution in [3.8, 4) is 0 Å². The molecule has 0 unspecified atom stereocenters. The normalized spacial score (nSPS) is 11.2. The molecule has 0 fully saturated rings. The van der Waals surface area contributed by atoms with Crippen LogP contribution in [-0.2, 0) is 16.0 Å². The molecule has 0 aliphatic rings. The number of benzene rings is 1. The van der Waals surface area contributed by atoms with Crippen LogP contribution >= 0.6 is 11.6 Å². The fourth-order valence-corrected chi connectivity index (χ4v) is 2.24. The van der Waals surface area contributed by atoms with Crippen LogP contribution in [0.3, 0.4) is 0 Å². The van der Waals surface area contributed by atoms with Crippen LogP contribution in [0, 0.1) is 0 Å². The first-order valence-electron chi connectivity index (χ1n) is 7.08. The van der Waals surface area contributed by atoms with Gasteiger partial charge in [-0.2, -0.15) is 0 Å². The van der Waals surface area contributed by atoms with E-state index in [9.17, 15) is 0 Å². The third kappa shape index (κ3) is 7.10. The molecule has 0 aliphatic heterocycles. The van der Waals surface area contributed by atoms with E-state index in [1.807, 2.05) is 26.0 Å². The monoisotopic (exact) mass is 300 g/mol. The molecule has 20 heavy (non-hydrogen) atoms. The lowest BCUT2D eigenvalue weighted by Crippen LogP contribution is -2.30. The molecule has 2 N–H and O–H groups in total. The molecule has 1 aromatic carbocycles. The van der Waals surface area contributed by atoms with Gasteiger partial charge in [-0.15, -0.1) is 0 Å². The van der Waals surface area contributed by atoms with Crippen LogP contribution in [0.2, 0.25) is 5.02 Å². The zero-order valence-electron chi connectivity index (χ0n) is 12.4. The van der Waals surface area contributed by atoms with E-state index in [4.69, 9.17) is 26.8 Å². The number of nitrogens with two attached hydrogens (primary N) is 1. The molecule has 114 valence electrons. The van der Waals surface area contributed by atoms with E-state index in [1.165, 1.54) is 0 Å².